The molecule has 0 aliphatic carbocycles. The topological polar surface area (TPSA) is 69.2 Å². The zero-order valence-electron chi connectivity index (χ0n) is 7.31. The summed E-state index contributed by atoms with van der Waals surface area (Å²) in [5, 5.41) is 11.0. The van der Waals surface area contributed by atoms with Gasteiger partial charge in [0.1, 0.15) is 0 Å². The molecule has 0 saturated heterocycles. The summed E-state index contributed by atoms with van der Waals surface area (Å²) in [6.07, 6.45) is 3.25. The van der Waals surface area contributed by atoms with Crippen LogP contribution in [0, 0.1) is 10.1 Å². The predicted octanol–water partition coefficient (Wildman–Crippen LogP) is 2.22. The number of halogens is 1. The largest absolute Gasteiger partial charge is 0.327 e. The molecule has 0 atom stereocenters. The Hall–Kier alpha value is -1.39. The van der Waals surface area contributed by atoms with Crippen LogP contribution in [0.1, 0.15) is 5.56 Å². The third-order valence-corrected chi connectivity index (χ3v) is 1.86. The number of hydrogen-bond donors (Lipinski definition) is 1. The van der Waals surface area contributed by atoms with Crippen LogP contribution in [0.25, 0.3) is 6.08 Å². The number of nitrogens with zero attached hydrogens (tertiary/aromatic N) is 1. The van der Waals surface area contributed by atoms with Crippen LogP contribution < -0.4 is 5.73 Å². The second-order valence-electron chi connectivity index (χ2n) is 2.60. The summed E-state index contributed by atoms with van der Waals surface area (Å²) in [5.74, 6) is 0. The quantitative estimate of drug-likeness (QED) is 0.617. The fraction of sp³-hybridized carbons (Fsp3) is 0.111. The lowest BCUT2D eigenvalue weighted by Crippen LogP contribution is -1.94. The Bertz CT molecular complexity index is 377. The first kappa shape index (κ1) is 10.7. The van der Waals surface area contributed by atoms with Crippen LogP contribution in [0.5, 0.6) is 0 Å². The fourth-order valence-corrected chi connectivity index (χ4v) is 1.18. The van der Waals surface area contributed by atoms with Gasteiger partial charge >= 0.3 is 0 Å². The van der Waals surface area contributed by atoms with Crippen molar-refractivity contribution < 1.29 is 4.92 Å². The van der Waals surface area contributed by atoms with Gasteiger partial charge in [0.15, 0.2) is 0 Å². The fourth-order valence-electron chi connectivity index (χ4n) is 1.01. The molecule has 0 aromatic heterocycles. The van der Waals surface area contributed by atoms with E-state index >= 15 is 0 Å². The van der Waals surface area contributed by atoms with Crippen LogP contribution >= 0.6 is 11.6 Å². The molecule has 0 spiro atoms. The van der Waals surface area contributed by atoms with E-state index in [-0.39, 0.29) is 5.69 Å². The first-order valence-electron chi connectivity index (χ1n) is 3.95. The van der Waals surface area contributed by atoms with Gasteiger partial charge in [0.25, 0.3) is 5.69 Å². The molecule has 0 heterocycles. The number of benzene rings is 1. The van der Waals surface area contributed by atoms with E-state index in [0.717, 1.165) is 0 Å². The molecule has 1 rings (SSSR count). The van der Waals surface area contributed by atoms with Crippen molar-refractivity contribution in [1.29, 1.82) is 0 Å². The number of hydrogen-bond acceptors (Lipinski definition) is 3. The number of nitro benzene ring substituents is 1. The number of nitro groups is 1. The van der Waals surface area contributed by atoms with Gasteiger partial charge < -0.3 is 5.73 Å². The van der Waals surface area contributed by atoms with Crippen molar-refractivity contribution in [3.63, 3.8) is 0 Å². The molecule has 0 fully saturated rings. The highest BCUT2D eigenvalue weighted by molar-refractivity contribution is 6.30. The maximum atomic E-state index is 10.6. The normalized spacial score (nSPS) is 10.7. The summed E-state index contributed by atoms with van der Waals surface area (Å²) in [7, 11) is 0. The summed E-state index contributed by atoms with van der Waals surface area (Å²) in [4.78, 5) is 10.1. The lowest BCUT2D eigenvalue weighted by molar-refractivity contribution is -0.385. The lowest BCUT2D eigenvalue weighted by atomic mass is 10.1. The highest BCUT2D eigenvalue weighted by atomic mass is 35.5. The zero-order valence-corrected chi connectivity index (χ0v) is 8.07. The molecule has 0 unspecified atom stereocenters. The van der Waals surface area contributed by atoms with Crippen LogP contribution in [0.2, 0.25) is 5.02 Å². The Morgan fingerprint density at radius 1 is 1.57 bits per heavy atom. The van der Waals surface area contributed by atoms with Gasteiger partial charge in [-0.25, -0.2) is 0 Å². The second-order valence-corrected chi connectivity index (χ2v) is 3.03. The minimum atomic E-state index is -0.470. The Labute approximate surface area is 86.1 Å². The van der Waals surface area contributed by atoms with Crippen molar-refractivity contribution in [2.24, 2.45) is 5.73 Å². The molecule has 0 saturated carbocycles. The molecule has 2 N–H and O–H groups in total. The lowest BCUT2D eigenvalue weighted by Gasteiger charge is -1.97. The summed E-state index contributed by atoms with van der Waals surface area (Å²) in [6.45, 7) is 0.347. The van der Waals surface area contributed by atoms with E-state index in [1.165, 1.54) is 6.07 Å². The standard InChI is InChI=1S/C9H9ClN2O2/c10-8-4-3-7(2-1-5-11)9(6-8)12(13)14/h1-4,6H,5,11H2. The molecular weight excluding hydrogens is 204 g/mol. The number of nitrogens with two attached hydrogens (primary N) is 1. The van der Waals surface area contributed by atoms with Crippen LogP contribution in [0.4, 0.5) is 5.69 Å². The third-order valence-electron chi connectivity index (χ3n) is 1.62. The molecule has 0 radical (unpaired) electrons. The van der Waals surface area contributed by atoms with Gasteiger partial charge in [-0.05, 0) is 12.1 Å². The average Bonchev–Trinajstić information content (AvgIpc) is 2.15. The molecular formula is C9H9ClN2O2. The van der Waals surface area contributed by atoms with Gasteiger partial charge in [-0.15, -0.1) is 0 Å². The minimum Gasteiger partial charge on any atom is -0.327 e. The monoisotopic (exact) mass is 212 g/mol. The minimum absolute atomic E-state index is 0.0119. The van der Waals surface area contributed by atoms with Crippen LogP contribution in [0.3, 0.4) is 0 Å². The molecule has 0 aliphatic rings. The van der Waals surface area contributed by atoms with E-state index < -0.39 is 4.92 Å². The Kier molecular flexibility index (Phi) is 3.62. The second kappa shape index (κ2) is 4.74. The molecule has 0 aliphatic heterocycles. The van der Waals surface area contributed by atoms with E-state index in [1.54, 1.807) is 24.3 Å². The maximum absolute atomic E-state index is 10.6. The van der Waals surface area contributed by atoms with Crippen molar-refractivity contribution in [1.82, 2.24) is 0 Å². The summed E-state index contributed by atoms with van der Waals surface area (Å²) in [5.41, 5.74) is 5.74. The highest BCUT2D eigenvalue weighted by Crippen LogP contribution is 2.23. The van der Waals surface area contributed by atoms with Gasteiger partial charge in [-0.2, -0.15) is 0 Å². The first-order valence-corrected chi connectivity index (χ1v) is 4.33. The Balaban J connectivity index is 3.15. The molecule has 5 heteroatoms. The van der Waals surface area contributed by atoms with Gasteiger partial charge in [-0.1, -0.05) is 23.8 Å². The molecule has 14 heavy (non-hydrogen) atoms. The number of rotatable bonds is 3. The van der Waals surface area contributed by atoms with Crippen molar-refractivity contribution in [3.8, 4) is 0 Å². The van der Waals surface area contributed by atoms with Gasteiger partial charge in [0, 0.05) is 17.6 Å². The molecule has 4 nitrogen and oxygen atoms in total. The predicted molar refractivity (Wildman–Crippen MR) is 56.2 cm³/mol. The summed E-state index contributed by atoms with van der Waals surface area (Å²) in [6, 6.07) is 4.51. The maximum Gasteiger partial charge on any atom is 0.278 e. The molecule has 0 bridgehead atoms. The van der Waals surface area contributed by atoms with Gasteiger partial charge in [0.2, 0.25) is 0 Å². The molecule has 0 amide bonds. The van der Waals surface area contributed by atoms with E-state index in [4.69, 9.17) is 17.3 Å². The van der Waals surface area contributed by atoms with Crippen molar-refractivity contribution in [2.75, 3.05) is 6.54 Å². The van der Waals surface area contributed by atoms with Gasteiger partial charge in [0.05, 0.1) is 10.5 Å². The van der Waals surface area contributed by atoms with E-state index in [2.05, 4.69) is 0 Å². The van der Waals surface area contributed by atoms with Crippen molar-refractivity contribution in [2.45, 2.75) is 0 Å². The summed E-state index contributed by atoms with van der Waals surface area (Å²) >= 11 is 5.64. The van der Waals surface area contributed by atoms with E-state index in [9.17, 15) is 10.1 Å². The van der Waals surface area contributed by atoms with Gasteiger partial charge in [-0.3, -0.25) is 10.1 Å². The Morgan fingerprint density at radius 3 is 2.86 bits per heavy atom. The first-order chi connectivity index (χ1) is 6.65. The average molecular weight is 213 g/mol. The molecule has 74 valence electrons. The molecule has 1 aromatic rings. The van der Waals surface area contributed by atoms with E-state index in [0.29, 0.717) is 17.1 Å². The SMILES string of the molecule is NCC=Cc1ccc(Cl)cc1[N+](=O)[O-]. The van der Waals surface area contributed by atoms with Crippen molar-refractivity contribution in [3.05, 3.63) is 45.0 Å². The smallest absolute Gasteiger partial charge is 0.278 e. The van der Waals surface area contributed by atoms with Crippen molar-refractivity contribution >= 4 is 23.4 Å². The highest BCUT2D eigenvalue weighted by Gasteiger charge is 2.11. The van der Waals surface area contributed by atoms with E-state index in [1.807, 2.05) is 0 Å². The molecule has 1 aromatic carbocycles. The third kappa shape index (κ3) is 2.55. The van der Waals surface area contributed by atoms with Crippen LogP contribution in [-0.4, -0.2) is 11.5 Å². The Morgan fingerprint density at radius 2 is 2.29 bits per heavy atom. The summed E-state index contributed by atoms with van der Waals surface area (Å²) < 4.78 is 0. The van der Waals surface area contributed by atoms with Crippen LogP contribution in [0.15, 0.2) is 24.3 Å². The zero-order chi connectivity index (χ0) is 10.6. The van der Waals surface area contributed by atoms with Crippen LogP contribution in [-0.2, 0) is 0 Å².